The molecule has 1 N–H and O–H groups in total. The number of ether oxygens (including phenoxy) is 2. The number of aryl methyl sites for hydroxylation is 1. The van der Waals surface area contributed by atoms with Gasteiger partial charge in [-0.15, -0.1) is 0 Å². The summed E-state index contributed by atoms with van der Waals surface area (Å²) < 4.78 is 10.2. The quantitative estimate of drug-likeness (QED) is 0.877. The number of benzene rings is 1. The Bertz CT molecular complexity index is 718. The first kappa shape index (κ1) is 14.8. The number of hydrogen-bond acceptors (Lipinski definition) is 4. The molecule has 110 valence electrons. The number of pyridine rings is 1. The number of carbonyl (C=O) groups excluding carboxylic acids is 1. The molecule has 0 aliphatic carbocycles. The molecule has 0 fully saturated rings. The monoisotopic (exact) mass is 287 g/mol. The van der Waals surface area contributed by atoms with E-state index in [0.29, 0.717) is 22.6 Å². The zero-order valence-corrected chi connectivity index (χ0v) is 12.2. The highest BCUT2D eigenvalue weighted by atomic mass is 16.5. The third-order valence-electron chi connectivity index (χ3n) is 3.15. The number of rotatable bonds is 4. The number of carbonyl (C=O) groups is 1. The van der Waals surface area contributed by atoms with Crippen molar-refractivity contribution < 1.29 is 14.3 Å². The normalized spacial score (nSPS) is 10.2. The molecule has 0 unspecified atom stereocenters. The molecule has 1 aromatic heterocycles. The highest BCUT2D eigenvalue weighted by Crippen LogP contribution is 2.29. The molecule has 5 nitrogen and oxygen atoms in total. The standard InChI is InChI=1S/C16H17NO4/c1-4-21-16(19)12-9-17-10(2)14(15(12)18)11-7-5-6-8-13(11)20-3/h5-9H,4H2,1-3H3,(H,17,18). The van der Waals surface area contributed by atoms with Crippen LogP contribution in [-0.4, -0.2) is 24.7 Å². The van der Waals surface area contributed by atoms with Crippen molar-refractivity contribution in [3.63, 3.8) is 0 Å². The van der Waals surface area contributed by atoms with E-state index >= 15 is 0 Å². The minimum Gasteiger partial charge on any atom is -0.496 e. The zero-order valence-electron chi connectivity index (χ0n) is 12.2. The Labute approximate surface area is 122 Å². The van der Waals surface area contributed by atoms with Gasteiger partial charge in [-0.1, -0.05) is 18.2 Å². The first-order valence-electron chi connectivity index (χ1n) is 6.63. The van der Waals surface area contributed by atoms with Gasteiger partial charge in [0.05, 0.1) is 19.3 Å². The van der Waals surface area contributed by atoms with Crippen LogP contribution in [0.1, 0.15) is 23.0 Å². The number of methoxy groups -OCH3 is 1. The Kier molecular flexibility index (Phi) is 4.42. The lowest BCUT2D eigenvalue weighted by atomic mass is 10.0. The van der Waals surface area contributed by atoms with E-state index in [1.165, 1.54) is 13.3 Å². The van der Waals surface area contributed by atoms with Gasteiger partial charge in [0.15, 0.2) is 0 Å². The SMILES string of the molecule is CCOC(=O)c1c[nH]c(C)c(-c2ccccc2OC)c1=O. The van der Waals surface area contributed by atoms with Crippen LogP contribution in [0.2, 0.25) is 0 Å². The average Bonchev–Trinajstić information content (AvgIpc) is 2.48. The third-order valence-corrected chi connectivity index (χ3v) is 3.15. The van der Waals surface area contributed by atoms with Gasteiger partial charge in [0.1, 0.15) is 11.3 Å². The molecule has 0 amide bonds. The molecule has 0 atom stereocenters. The molecule has 2 rings (SSSR count). The summed E-state index contributed by atoms with van der Waals surface area (Å²) in [5.41, 5.74) is 1.35. The van der Waals surface area contributed by atoms with Crippen molar-refractivity contribution in [1.82, 2.24) is 4.98 Å². The van der Waals surface area contributed by atoms with Crippen LogP contribution in [0.15, 0.2) is 35.3 Å². The van der Waals surface area contributed by atoms with E-state index in [1.807, 2.05) is 12.1 Å². The van der Waals surface area contributed by atoms with Gasteiger partial charge in [-0.2, -0.15) is 0 Å². The number of esters is 1. The van der Waals surface area contributed by atoms with Gasteiger partial charge in [-0.3, -0.25) is 4.79 Å². The van der Waals surface area contributed by atoms with Crippen molar-refractivity contribution in [2.45, 2.75) is 13.8 Å². The molecule has 0 aliphatic heterocycles. The van der Waals surface area contributed by atoms with Crippen LogP contribution in [0.4, 0.5) is 0 Å². The van der Waals surface area contributed by atoms with Gasteiger partial charge in [-0.25, -0.2) is 4.79 Å². The molecule has 0 aliphatic rings. The van der Waals surface area contributed by atoms with Crippen molar-refractivity contribution in [2.24, 2.45) is 0 Å². The van der Waals surface area contributed by atoms with Gasteiger partial charge in [0.2, 0.25) is 5.43 Å². The van der Waals surface area contributed by atoms with Crippen LogP contribution in [0.5, 0.6) is 5.75 Å². The van der Waals surface area contributed by atoms with Crippen LogP contribution >= 0.6 is 0 Å². The van der Waals surface area contributed by atoms with E-state index in [-0.39, 0.29) is 17.6 Å². The molecule has 0 radical (unpaired) electrons. The first-order valence-corrected chi connectivity index (χ1v) is 6.63. The van der Waals surface area contributed by atoms with Gasteiger partial charge < -0.3 is 14.5 Å². The summed E-state index contributed by atoms with van der Waals surface area (Å²) in [4.78, 5) is 27.4. The van der Waals surface area contributed by atoms with Gasteiger partial charge in [0.25, 0.3) is 0 Å². The van der Waals surface area contributed by atoms with E-state index < -0.39 is 5.97 Å². The maximum atomic E-state index is 12.6. The second kappa shape index (κ2) is 6.26. The maximum Gasteiger partial charge on any atom is 0.343 e. The summed E-state index contributed by atoms with van der Waals surface area (Å²) >= 11 is 0. The van der Waals surface area contributed by atoms with E-state index in [0.717, 1.165) is 0 Å². The predicted octanol–water partition coefficient (Wildman–Crippen LogP) is 2.54. The summed E-state index contributed by atoms with van der Waals surface area (Å²) in [5.74, 6) is -0.0537. The van der Waals surface area contributed by atoms with Crippen molar-refractivity contribution in [3.05, 3.63) is 51.9 Å². The van der Waals surface area contributed by atoms with Crippen LogP contribution in [-0.2, 0) is 4.74 Å². The molecule has 0 saturated heterocycles. The highest BCUT2D eigenvalue weighted by molar-refractivity contribution is 5.91. The zero-order chi connectivity index (χ0) is 15.4. The number of aromatic nitrogens is 1. The van der Waals surface area contributed by atoms with E-state index in [1.54, 1.807) is 26.0 Å². The average molecular weight is 287 g/mol. The fourth-order valence-electron chi connectivity index (χ4n) is 2.16. The van der Waals surface area contributed by atoms with Crippen LogP contribution < -0.4 is 10.2 Å². The Morgan fingerprint density at radius 1 is 1.29 bits per heavy atom. The second-order valence-electron chi connectivity index (χ2n) is 4.45. The lowest BCUT2D eigenvalue weighted by molar-refractivity contribution is 0.0524. The largest absolute Gasteiger partial charge is 0.496 e. The van der Waals surface area contributed by atoms with Crippen molar-refractivity contribution in [2.75, 3.05) is 13.7 Å². The molecule has 21 heavy (non-hydrogen) atoms. The topological polar surface area (TPSA) is 68.4 Å². The number of H-pyrrole nitrogens is 1. The first-order chi connectivity index (χ1) is 10.1. The fourth-order valence-corrected chi connectivity index (χ4v) is 2.16. The molecule has 1 heterocycles. The van der Waals surface area contributed by atoms with E-state index in [9.17, 15) is 9.59 Å². The second-order valence-corrected chi connectivity index (χ2v) is 4.45. The third kappa shape index (κ3) is 2.81. The van der Waals surface area contributed by atoms with Gasteiger partial charge in [-0.05, 0) is 19.9 Å². The van der Waals surface area contributed by atoms with Crippen molar-refractivity contribution in [3.8, 4) is 16.9 Å². The Balaban J connectivity index is 2.66. The highest BCUT2D eigenvalue weighted by Gasteiger charge is 2.19. The summed E-state index contributed by atoms with van der Waals surface area (Å²) in [6, 6.07) is 7.19. The van der Waals surface area contributed by atoms with Crippen molar-refractivity contribution in [1.29, 1.82) is 0 Å². The molecular weight excluding hydrogens is 270 g/mol. The minimum atomic E-state index is -0.630. The molecule has 0 saturated carbocycles. The van der Waals surface area contributed by atoms with Gasteiger partial charge >= 0.3 is 5.97 Å². The van der Waals surface area contributed by atoms with Crippen molar-refractivity contribution >= 4 is 5.97 Å². The Morgan fingerprint density at radius 3 is 2.67 bits per heavy atom. The molecule has 1 aromatic carbocycles. The molecular formula is C16H17NO4. The number of nitrogens with one attached hydrogen (secondary N) is 1. The summed E-state index contributed by atoms with van der Waals surface area (Å²) in [5, 5.41) is 0. The lowest BCUT2D eigenvalue weighted by Gasteiger charge is -2.11. The fraction of sp³-hybridized carbons (Fsp3) is 0.250. The molecule has 0 spiro atoms. The van der Waals surface area contributed by atoms with E-state index in [2.05, 4.69) is 4.98 Å². The molecule has 2 aromatic rings. The van der Waals surface area contributed by atoms with Crippen LogP contribution in [0, 0.1) is 6.92 Å². The molecule has 5 heteroatoms. The number of hydrogen-bond donors (Lipinski definition) is 1. The summed E-state index contributed by atoms with van der Waals surface area (Å²) in [6.45, 7) is 3.69. The predicted molar refractivity (Wildman–Crippen MR) is 79.7 cm³/mol. The maximum absolute atomic E-state index is 12.6. The number of aromatic amines is 1. The Morgan fingerprint density at radius 2 is 2.00 bits per heavy atom. The lowest BCUT2D eigenvalue weighted by Crippen LogP contribution is -2.20. The Hall–Kier alpha value is -2.56. The summed E-state index contributed by atoms with van der Waals surface area (Å²) in [6.07, 6.45) is 1.38. The van der Waals surface area contributed by atoms with Gasteiger partial charge in [0, 0.05) is 17.5 Å². The van der Waals surface area contributed by atoms with Crippen LogP contribution in [0.3, 0.4) is 0 Å². The van der Waals surface area contributed by atoms with E-state index in [4.69, 9.17) is 9.47 Å². The smallest absolute Gasteiger partial charge is 0.343 e. The molecule has 0 bridgehead atoms. The number of para-hydroxylation sites is 1. The minimum absolute atomic E-state index is 0.0108. The summed E-state index contributed by atoms with van der Waals surface area (Å²) in [7, 11) is 1.54. The van der Waals surface area contributed by atoms with Crippen LogP contribution in [0.25, 0.3) is 11.1 Å².